The predicted octanol–water partition coefficient (Wildman–Crippen LogP) is 1.05. The van der Waals surface area contributed by atoms with Crippen LogP contribution in [0.25, 0.3) is 0 Å². The molecule has 0 aromatic carbocycles. The van der Waals surface area contributed by atoms with Gasteiger partial charge in [-0.15, -0.1) is 0 Å². The molecule has 0 bridgehead atoms. The van der Waals surface area contributed by atoms with E-state index in [1.54, 1.807) is 0 Å². The second-order valence-corrected chi connectivity index (χ2v) is 5.77. The van der Waals surface area contributed by atoms with Crippen LogP contribution in [-0.4, -0.2) is 67.3 Å². The van der Waals surface area contributed by atoms with Gasteiger partial charge >= 0.3 is 0 Å². The Bertz CT molecular complexity index is 305. The molecule has 2 fully saturated rings. The molecule has 0 saturated carbocycles. The van der Waals surface area contributed by atoms with Crippen LogP contribution in [0.2, 0.25) is 0 Å². The van der Waals surface area contributed by atoms with E-state index in [2.05, 4.69) is 29.0 Å². The van der Waals surface area contributed by atoms with E-state index in [1.807, 2.05) is 0 Å². The number of nitrogens with one attached hydrogen (secondary N) is 1. The Labute approximate surface area is 122 Å². The lowest BCUT2D eigenvalue weighted by molar-refractivity contribution is -0.130. The van der Waals surface area contributed by atoms with Crippen LogP contribution < -0.4 is 5.32 Å². The van der Waals surface area contributed by atoms with Crippen molar-refractivity contribution in [2.24, 2.45) is 0 Å². The molecule has 0 aromatic heterocycles. The molecule has 5 heteroatoms. The van der Waals surface area contributed by atoms with E-state index in [0.29, 0.717) is 5.91 Å². The van der Waals surface area contributed by atoms with Crippen LogP contribution in [0.1, 0.15) is 39.5 Å². The fourth-order valence-corrected chi connectivity index (χ4v) is 3.14. The molecule has 2 atom stereocenters. The van der Waals surface area contributed by atoms with E-state index in [4.69, 9.17) is 4.74 Å². The number of carbonyl (C=O) groups is 1. The average molecular weight is 283 g/mol. The number of rotatable bonds is 7. The summed E-state index contributed by atoms with van der Waals surface area (Å²) in [6.07, 6.45) is 4.30. The molecule has 1 amide bonds. The first-order valence-electron chi connectivity index (χ1n) is 8.12. The Morgan fingerprint density at radius 3 is 2.65 bits per heavy atom. The fraction of sp³-hybridized carbons (Fsp3) is 0.933. The van der Waals surface area contributed by atoms with Crippen LogP contribution in [-0.2, 0) is 9.53 Å². The van der Waals surface area contributed by atoms with Crippen LogP contribution >= 0.6 is 0 Å². The summed E-state index contributed by atoms with van der Waals surface area (Å²) < 4.78 is 5.36. The molecule has 2 aliphatic rings. The molecule has 5 nitrogen and oxygen atoms in total. The van der Waals surface area contributed by atoms with Gasteiger partial charge in [0.2, 0.25) is 5.91 Å². The van der Waals surface area contributed by atoms with Gasteiger partial charge in [-0.05, 0) is 19.3 Å². The maximum Gasteiger partial charge on any atom is 0.241 e. The highest BCUT2D eigenvalue weighted by molar-refractivity contribution is 5.84. The minimum absolute atomic E-state index is 0.0494. The van der Waals surface area contributed by atoms with Crippen LogP contribution in [0.3, 0.4) is 0 Å². The SMILES string of the molecule is CCCC1NC(CC)N(CCCN2CCOCC2)C1=O. The molecule has 0 aromatic rings. The van der Waals surface area contributed by atoms with Crippen LogP contribution in [0, 0.1) is 0 Å². The quantitative estimate of drug-likeness (QED) is 0.758. The number of nitrogens with zero attached hydrogens (tertiary/aromatic N) is 2. The van der Waals surface area contributed by atoms with Gasteiger partial charge in [0.15, 0.2) is 0 Å². The van der Waals surface area contributed by atoms with Crippen LogP contribution in [0.15, 0.2) is 0 Å². The van der Waals surface area contributed by atoms with E-state index in [-0.39, 0.29) is 12.2 Å². The van der Waals surface area contributed by atoms with Gasteiger partial charge in [-0.3, -0.25) is 15.0 Å². The van der Waals surface area contributed by atoms with E-state index >= 15 is 0 Å². The maximum atomic E-state index is 12.4. The van der Waals surface area contributed by atoms with Gasteiger partial charge < -0.3 is 9.64 Å². The van der Waals surface area contributed by atoms with Crippen molar-refractivity contribution in [2.45, 2.75) is 51.7 Å². The molecular formula is C15H29N3O2. The van der Waals surface area contributed by atoms with Gasteiger partial charge in [0.05, 0.1) is 25.4 Å². The van der Waals surface area contributed by atoms with Gasteiger partial charge in [-0.25, -0.2) is 0 Å². The van der Waals surface area contributed by atoms with Crippen molar-refractivity contribution in [3.8, 4) is 0 Å². The molecule has 116 valence electrons. The van der Waals surface area contributed by atoms with Crippen molar-refractivity contribution in [3.63, 3.8) is 0 Å². The van der Waals surface area contributed by atoms with Crippen molar-refractivity contribution in [1.29, 1.82) is 0 Å². The molecule has 0 aliphatic carbocycles. The highest BCUT2D eigenvalue weighted by atomic mass is 16.5. The van der Waals surface area contributed by atoms with E-state index in [0.717, 1.165) is 65.1 Å². The number of carbonyl (C=O) groups excluding carboxylic acids is 1. The van der Waals surface area contributed by atoms with Crippen molar-refractivity contribution < 1.29 is 9.53 Å². The zero-order valence-electron chi connectivity index (χ0n) is 12.9. The predicted molar refractivity (Wildman–Crippen MR) is 79.5 cm³/mol. The van der Waals surface area contributed by atoms with Gasteiger partial charge in [-0.1, -0.05) is 20.3 Å². The smallest absolute Gasteiger partial charge is 0.241 e. The lowest BCUT2D eigenvalue weighted by atomic mass is 10.1. The fourth-order valence-electron chi connectivity index (χ4n) is 3.14. The molecular weight excluding hydrogens is 254 g/mol. The molecule has 2 saturated heterocycles. The van der Waals surface area contributed by atoms with Gasteiger partial charge in [0, 0.05) is 26.2 Å². The second-order valence-electron chi connectivity index (χ2n) is 5.77. The lowest BCUT2D eigenvalue weighted by Gasteiger charge is -2.28. The maximum absolute atomic E-state index is 12.4. The number of ether oxygens (including phenoxy) is 1. The van der Waals surface area contributed by atoms with Gasteiger partial charge in [-0.2, -0.15) is 0 Å². The Balaban J connectivity index is 1.76. The first-order valence-corrected chi connectivity index (χ1v) is 8.12. The molecule has 2 heterocycles. The summed E-state index contributed by atoms with van der Waals surface area (Å²) in [7, 11) is 0. The average Bonchev–Trinajstić information content (AvgIpc) is 2.77. The minimum atomic E-state index is 0.0494. The van der Waals surface area contributed by atoms with E-state index in [1.165, 1.54) is 0 Å². The summed E-state index contributed by atoms with van der Waals surface area (Å²) in [4.78, 5) is 16.9. The summed E-state index contributed by atoms with van der Waals surface area (Å²) in [5, 5.41) is 3.47. The molecule has 1 N–H and O–H groups in total. The van der Waals surface area contributed by atoms with Gasteiger partial charge in [0.25, 0.3) is 0 Å². The third kappa shape index (κ3) is 3.93. The monoisotopic (exact) mass is 283 g/mol. The summed E-state index contributed by atoms with van der Waals surface area (Å²) in [5.41, 5.74) is 0. The first kappa shape index (κ1) is 15.7. The van der Waals surface area contributed by atoms with Crippen molar-refractivity contribution in [2.75, 3.05) is 39.4 Å². The zero-order valence-corrected chi connectivity index (χ0v) is 12.9. The van der Waals surface area contributed by atoms with Gasteiger partial charge in [0.1, 0.15) is 0 Å². The molecule has 2 rings (SSSR count). The number of amides is 1. The topological polar surface area (TPSA) is 44.8 Å². The van der Waals surface area contributed by atoms with Crippen molar-refractivity contribution in [3.05, 3.63) is 0 Å². The summed E-state index contributed by atoms with van der Waals surface area (Å²) in [6, 6.07) is 0.0494. The first-order chi connectivity index (χ1) is 9.76. The highest BCUT2D eigenvalue weighted by Gasteiger charge is 2.36. The Hall–Kier alpha value is -0.650. The minimum Gasteiger partial charge on any atom is -0.379 e. The van der Waals surface area contributed by atoms with Crippen molar-refractivity contribution in [1.82, 2.24) is 15.1 Å². The Morgan fingerprint density at radius 1 is 1.25 bits per heavy atom. The lowest BCUT2D eigenvalue weighted by Crippen LogP contribution is -2.41. The summed E-state index contributed by atoms with van der Waals surface area (Å²) >= 11 is 0. The standard InChI is InChI=1S/C15H29N3O2/c1-3-6-13-15(19)18(14(4-2)16-13)8-5-7-17-9-11-20-12-10-17/h13-14,16H,3-12H2,1-2H3. The Kier molecular flexibility index (Phi) is 6.26. The summed E-state index contributed by atoms with van der Waals surface area (Å²) in [5.74, 6) is 0.306. The van der Waals surface area contributed by atoms with E-state index in [9.17, 15) is 4.79 Å². The number of hydrogen-bond acceptors (Lipinski definition) is 4. The van der Waals surface area contributed by atoms with Crippen LogP contribution in [0.4, 0.5) is 0 Å². The zero-order chi connectivity index (χ0) is 14.4. The highest BCUT2D eigenvalue weighted by Crippen LogP contribution is 2.17. The molecule has 0 spiro atoms. The van der Waals surface area contributed by atoms with Crippen molar-refractivity contribution >= 4 is 5.91 Å². The normalized spacial score (nSPS) is 28.3. The third-order valence-corrected chi connectivity index (χ3v) is 4.29. The largest absolute Gasteiger partial charge is 0.379 e. The molecule has 2 aliphatic heterocycles. The molecule has 2 unspecified atom stereocenters. The number of morpholine rings is 1. The van der Waals surface area contributed by atoms with E-state index < -0.39 is 0 Å². The molecule has 20 heavy (non-hydrogen) atoms. The number of hydrogen-bond donors (Lipinski definition) is 1. The van der Waals surface area contributed by atoms with Crippen LogP contribution in [0.5, 0.6) is 0 Å². The summed E-state index contributed by atoms with van der Waals surface area (Å²) in [6.45, 7) is 9.99. The second kappa shape index (κ2) is 7.96. The third-order valence-electron chi connectivity index (χ3n) is 4.29. The molecule has 0 radical (unpaired) electrons. The Morgan fingerprint density at radius 2 is 2.00 bits per heavy atom.